The number of phenols is 1. The van der Waals surface area contributed by atoms with Gasteiger partial charge in [0.1, 0.15) is 17.2 Å². The van der Waals surface area contributed by atoms with Crippen LogP contribution in [0.15, 0.2) is 84.0 Å². The van der Waals surface area contributed by atoms with Crippen molar-refractivity contribution in [2.24, 2.45) is 5.10 Å². The third kappa shape index (κ3) is 4.45. The number of hydrazone groups is 1. The van der Waals surface area contributed by atoms with Crippen molar-refractivity contribution in [2.75, 3.05) is 0 Å². The van der Waals surface area contributed by atoms with E-state index in [0.717, 1.165) is 11.3 Å². The average Bonchev–Trinajstić information content (AvgIpc) is 2.63. The normalized spacial score (nSPS) is 10.6. The minimum Gasteiger partial charge on any atom is -0.507 e. The number of aromatic hydroxyl groups is 1. The molecule has 2 N–H and O–H groups in total. The number of nitrogens with one attached hydrogen (secondary N) is 1. The van der Waals surface area contributed by atoms with Crippen molar-refractivity contribution in [3.05, 3.63) is 90.0 Å². The Morgan fingerprint density at radius 3 is 2.44 bits per heavy atom. The molecule has 0 saturated carbocycles. The van der Waals surface area contributed by atoms with Crippen molar-refractivity contribution in [1.82, 2.24) is 5.43 Å². The Balaban J connectivity index is 1.65. The number of nitrogens with zero attached hydrogens (tertiary/aromatic N) is 1. The summed E-state index contributed by atoms with van der Waals surface area (Å²) in [4.78, 5) is 12.0. The maximum absolute atomic E-state index is 12.0. The summed E-state index contributed by atoms with van der Waals surface area (Å²) in [6.07, 6.45) is 1.51. The van der Waals surface area contributed by atoms with Gasteiger partial charge in [0, 0.05) is 0 Å². The Hall–Kier alpha value is -3.60. The first-order valence-corrected chi connectivity index (χ1v) is 7.67. The molecule has 0 aliphatic rings. The maximum atomic E-state index is 12.0. The molecule has 3 rings (SSSR count). The van der Waals surface area contributed by atoms with Crippen LogP contribution in [0.3, 0.4) is 0 Å². The third-order valence-corrected chi connectivity index (χ3v) is 3.37. The van der Waals surface area contributed by atoms with E-state index in [1.165, 1.54) is 18.3 Å². The van der Waals surface area contributed by atoms with Crippen molar-refractivity contribution >= 4 is 12.1 Å². The van der Waals surface area contributed by atoms with Crippen LogP contribution in [0.4, 0.5) is 0 Å². The molecular weight excluding hydrogens is 316 g/mol. The quantitative estimate of drug-likeness (QED) is 0.549. The number of para-hydroxylation sites is 2. The van der Waals surface area contributed by atoms with Crippen LogP contribution in [-0.2, 0) is 0 Å². The molecule has 0 radical (unpaired) electrons. The number of hydrogen-bond donors (Lipinski definition) is 2. The summed E-state index contributed by atoms with van der Waals surface area (Å²) >= 11 is 0. The zero-order valence-electron chi connectivity index (χ0n) is 13.3. The highest BCUT2D eigenvalue weighted by Crippen LogP contribution is 2.21. The molecule has 25 heavy (non-hydrogen) atoms. The zero-order valence-corrected chi connectivity index (χ0v) is 13.3. The highest BCUT2D eigenvalue weighted by atomic mass is 16.5. The van der Waals surface area contributed by atoms with E-state index in [1.807, 2.05) is 54.6 Å². The molecule has 0 unspecified atom stereocenters. The summed E-state index contributed by atoms with van der Waals surface area (Å²) in [5, 5.41) is 13.6. The highest BCUT2D eigenvalue weighted by molar-refractivity contribution is 5.97. The van der Waals surface area contributed by atoms with Gasteiger partial charge in [-0.1, -0.05) is 42.5 Å². The lowest BCUT2D eigenvalue weighted by atomic mass is 10.2. The number of amides is 1. The summed E-state index contributed by atoms with van der Waals surface area (Å²) < 4.78 is 5.75. The van der Waals surface area contributed by atoms with E-state index in [-0.39, 0.29) is 11.3 Å². The van der Waals surface area contributed by atoms with Gasteiger partial charge in [-0.2, -0.15) is 5.10 Å². The number of rotatable bonds is 5. The Morgan fingerprint density at radius 1 is 0.920 bits per heavy atom. The molecule has 0 saturated heterocycles. The van der Waals surface area contributed by atoms with Crippen LogP contribution in [0, 0.1) is 0 Å². The fourth-order valence-electron chi connectivity index (χ4n) is 2.17. The Bertz CT molecular complexity index is 892. The summed E-state index contributed by atoms with van der Waals surface area (Å²) in [5.74, 6) is 0.839. The van der Waals surface area contributed by atoms with Crippen molar-refractivity contribution in [1.29, 1.82) is 0 Å². The number of carbonyl (C=O) groups excluding carboxylic acids is 1. The van der Waals surface area contributed by atoms with Crippen LogP contribution in [-0.4, -0.2) is 17.2 Å². The van der Waals surface area contributed by atoms with Gasteiger partial charge in [-0.25, -0.2) is 5.43 Å². The van der Waals surface area contributed by atoms with Crippen LogP contribution in [0.2, 0.25) is 0 Å². The smallest absolute Gasteiger partial charge is 0.275 e. The van der Waals surface area contributed by atoms with Gasteiger partial charge < -0.3 is 9.84 Å². The Morgan fingerprint density at radius 2 is 1.64 bits per heavy atom. The Kier molecular flexibility index (Phi) is 5.07. The molecule has 3 aromatic carbocycles. The number of carbonyl (C=O) groups is 1. The van der Waals surface area contributed by atoms with E-state index in [4.69, 9.17) is 4.74 Å². The van der Waals surface area contributed by atoms with Gasteiger partial charge in [0.2, 0.25) is 0 Å². The number of phenolic OH excluding ortho intramolecular Hbond substituents is 1. The monoisotopic (exact) mass is 332 g/mol. The molecule has 0 aromatic heterocycles. The van der Waals surface area contributed by atoms with Gasteiger partial charge in [0.05, 0.1) is 11.8 Å². The second-order valence-corrected chi connectivity index (χ2v) is 5.20. The first kappa shape index (κ1) is 16.3. The molecule has 0 heterocycles. The molecule has 0 aliphatic heterocycles. The van der Waals surface area contributed by atoms with Crippen LogP contribution >= 0.6 is 0 Å². The molecule has 0 fully saturated rings. The second-order valence-electron chi connectivity index (χ2n) is 5.20. The van der Waals surface area contributed by atoms with Crippen LogP contribution in [0.1, 0.15) is 15.9 Å². The van der Waals surface area contributed by atoms with Gasteiger partial charge in [-0.05, 0) is 42.0 Å². The zero-order chi connectivity index (χ0) is 17.5. The lowest BCUT2D eigenvalue weighted by Crippen LogP contribution is -2.17. The first-order valence-electron chi connectivity index (χ1n) is 7.67. The summed E-state index contributed by atoms with van der Waals surface area (Å²) in [5.41, 5.74) is 3.32. The second kappa shape index (κ2) is 7.79. The van der Waals surface area contributed by atoms with E-state index in [9.17, 15) is 9.90 Å². The number of ether oxygens (including phenoxy) is 1. The Labute approximate surface area is 145 Å². The lowest BCUT2D eigenvalue weighted by Gasteiger charge is -2.06. The van der Waals surface area contributed by atoms with Crippen molar-refractivity contribution < 1.29 is 14.6 Å². The van der Waals surface area contributed by atoms with E-state index in [1.54, 1.807) is 12.1 Å². The van der Waals surface area contributed by atoms with Gasteiger partial charge >= 0.3 is 0 Å². The third-order valence-electron chi connectivity index (χ3n) is 3.37. The molecule has 0 spiro atoms. The molecule has 0 bridgehead atoms. The van der Waals surface area contributed by atoms with Crippen LogP contribution < -0.4 is 10.2 Å². The predicted molar refractivity (Wildman–Crippen MR) is 96.1 cm³/mol. The van der Waals surface area contributed by atoms with Gasteiger partial charge in [0.25, 0.3) is 5.91 Å². The SMILES string of the molecule is O=C(NN=Cc1cccc(Oc2ccccc2)c1)c1ccccc1O. The fraction of sp³-hybridized carbons (Fsp3) is 0. The largest absolute Gasteiger partial charge is 0.507 e. The molecule has 5 heteroatoms. The lowest BCUT2D eigenvalue weighted by molar-refractivity contribution is 0.0952. The molecule has 3 aromatic rings. The van der Waals surface area contributed by atoms with E-state index < -0.39 is 5.91 Å². The molecule has 0 aliphatic carbocycles. The molecule has 0 atom stereocenters. The topological polar surface area (TPSA) is 70.9 Å². The minimum absolute atomic E-state index is 0.0894. The molecule has 5 nitrogen and oxygen atoms in total. The van der Waals surface area contributed by atoms with Crippen molar-refractivity contribution in [3.8, 4) is 17.2 Å². The van der Waals surface area contributed by atoms with Crippen LogP contribution in [0.5, 0.6) is 17.2 Å². The maximum Gasteiger partial charge on any atom is 0.275 e. The molecular formula is C20H16N2O3. The summed E-state index contributed by atoms with van der Waals surface area (Å²) in [6.45, 7) is 0. The minimum atomic E-state index is -0.481. The van der Waals surface area contributed by atoms with Crippen LogP contribution in [0.25, 0.3) is 0 Å². The van der Waals surface area contributed by atoms with Crippen molar-refractivity contribution in [2.45, 2.75) is 0 Å². The highest BCUT2D eigenvalue weighted by Gasteiger charge is 2.08. The van der Waals surface area contributed by atoms with Crippen molar-refractivity contribution in [3.63, 3.8) is 0 Å². The van der Waals surface area contributed by atoms with Gasteiger partial charge in [-0.3, -0.25) is 4.79 Å². The van der Waals surface area contributed by atoms with Gasteiger partial charge in [-0.15, -0.1) is 0 Å². The number of benzene rings is 3. The van der Waals surface area contributed by atoms with Gasteiger partial charge in [0.15, 0.2) is 0 Å². The van der Waals surface area contributed by atoms with E-state index in [2.05, 4.69) is 10.5 Å². The molecule has 1 amide bonds. The predicted octanol–water partition coefficient (Wildman–Crippen LogP) is 3.95. The van der Waals surface area contributed by atoms with E-state index in [0.29, 0.717) is 5.75 Å². The summed E-state index contributed by atoms with van der Waals surface area (Å²) in [7, 11) is 0. The van der Waals surface area contributed by atoms with E-state index >= 15 is 0 Å². The fourth-order valence-corrected chi connectivity index (χ4v) is 2.17. The average molecular weight is 332 g/mol. The standard InChI is InChI=1S/C20H16N2O3/c23-19-12-5-4-11-18(19)20(24)22-21-14-15-7-6-10-17(13-15)25-16-8-2-1-3-9-16/h1-14,23H,(H,22,24). The molecule has 124 valence electrons. The first-order chi connectivity index (χ1) is 12.2. The number of hydrogen-bond acceptors (Lipinski definition) is 4. The summed E-state index contributed by atoms with van der Waals surface area (Å²) in [6, 6.07) is 23.1.